The van der Waals surface area contributed by atoms with Gasteiger partial charge in [0.1, 0.15) is 12.1 Å². The Morgan fingerprint density at radius 2 is 0.983 bits per heavy atom. The van der Waals surface area contributed by atoms with Gasteiger partial charge < -0.3 is 25.6 Å². The molecule has 0 bridgehead atoms. The summed E-state index contributed by atoms with van der Waals surface area (Å²) < 4.78 is 5.90. The van der Waals surface area contributed by atoms with Crippen molar-refractivity contribution in [2.75, 3.05) is 13.2 Å². The minimum atomic E-state index is -1.39. The van der Waals surface area contributed by atoms with Gasteiger partial charge in [-0.25, -0.2) is 4.79 Å². The van der Waals surface area contributed by atoms with Crippen molar-refractivity contribution in [1.82, 2.24) is 10.6 Å². The summed E-state index contributed by atoms with van der Waals surface area (Å²) in [7, 11) is 0. The van der Waals surface area contributed by atoms with Crippen LogP contribution in [0.25, 0.3) is 0 Å². The van der Waals surface area contributed by atoms with E-state index in [1.807, 2.05) is 6.08 Å². The van der Waals surface area contributed by atoms with Gasteiger partial charge in [-0.2, -0.15) is 0 Å². The van der Waals surface area contributed by atoms with Crippen LogP contribution in [0.1, 0.15) is 239 Å². The van der Waals surface area contributed by atoms with Crippen molar-refractivity contribution in [2.45, 2.75) is 251 Å². The van der Waals surface area contributed by atoms with Crippen LogP contribution >= 0.6 is 0 Å². The van der Waals surface area contributed by atoms with Crippen LogP contribution in [0.5, 0.6) is 0 Å². The largest absolute Gasteiger partial charge is 0.480 e. The molecular weight excluding hydrogens is 729 g/mol. The number of aliphatic hydroxyl groups is 1. The van der Waals surface area contributed by atoms with Crippen LogP contribution in [-0.2, 0) is 23.9 Å². The standard InChI is InChI=1S/C49H90N2O7/c1-3-5-7-9-11-13-14-15-16-17-18-19-20-21-22-23-24-25-26-27-29-31-37-41-48(55)58-44(38-34-30-28-12-10-8-6-4-2)39-35-32-33-36-40-46(53)50-42-47(54)51-45(43-52)49(56)57/h12,28,34,38,44-45,52H,3-11,13-27,29-33,35-37,39-43H2,1-2H3,(H,50,53)(H,51,54)(H,56,57)/b28-12-,38-34-. The van der Waals surface area contributed by atoms with E-state index in [1.54, 1.807) is 0 Å². The van der Waals surface area contributed by atoms with Crippen LogP contribution in [0.2, 0.25) is 0 Å². The summed E-state index contributed by atoms with van der Waals surface area (Å²) in [5.41, 5.74) is 0. The van der Waals surface area contributed by atoms with E-state index in [4.69, 9.17) is 14.9 Å². The van der Waals surface area contributed by atoms with Gasteiger partial charge in [-0.05, 0) is 51.0 Å². The first-order chi connectivity index (χ1) is 28.3. The highest BCUT2D eigenvalue weighted by molar-refractivity contribution is 5.87. The number of aliphatic carboxylic acids is 1. The summed E-state index contributed by atoms with van der Waals surface area (Å²) in [6.45, 7) is 3.44. The van der Waals surface area contributed by atoms with Gasteiger partial charge in [0.05, 0.1) is 13.2 Å². The molecule has 9 nitrogen and oxygen atoms in total. The number of hydrogen-bond donors (Lipinski definition) is 4. The van der Waals surface area contributed by atoms with Gasteiger partial charge in [-0.1, -0.05) is 199 Å². The second-order valence-electron chi connectivity index (χ2n) is 16.6. The maximum atomic E-state index is 12.8. The Labute approximate surface area is 355 Å². The highest BCUT2D eigenvalue weighted by Crippen LogP contribution is 2.17. The molecule has 2 amide bonds. The molecule has 2 atom stereocenters. The van der Waals surface area contributed by atoms with Crippen molar-refractivity contribution >= 4 is 23.8 Å². The van der Waals surface area contributed by atoms with Crippen molar-refractivity contribution in [2.24, 2.45) is 0 Å². The lowest BCUT2D eigenvalue weighted by Crippen LogP contribution is -2.47. The minimum absolute atomic E-state index is 0.123. The number of rotatable bonds is 44. The first-order valence-electron chi connectivity index (χ1n) is 24.2. The third kappa shape index (κ3) is 40.1. The van der Waals surface area contributed by atoms with Gasteiger partial charge >= 0.3 is 11.9 Å². The second-order valence-corrected chi connectivity index (χ2v) is 16.6. The molecule has 9 heteroatoms. The maximum absolute atomic E-state index is 12.8. The van der Waals surface area contributed by atoms with Gasteiger partial charge in [-0.15, -0.1) is 0 Å². The first-order valence-corrected chi connectivity index (χ1v) is 24.2. The third-order valence-corrected chi connectivity index (χ3v) is 10.9. The van der Waals surface area contributed by atoms with Crippen LogP contribution in [0.3, 0.4) is 0 Å². The molecule has 0 saturated heterocycles. The summed E-state index contributed by atoms with van der Waals surface area (Å²) in [6, 6.07) is -1.39. The number of carbonyl (C=O) groups is 4. The topological polar surface area (TPSA) is 142 Å². The minimum Gasteiger partial charge on any atom is -0.480 e. The molecule has 4 N–H and O–H groups in total. The Morgan fingerprint density at radius 3 is 1.47 bits per heavy atom. The van der Waals surface area contributed by atoms with E-state index in [0.29, 0.717) is 12.8 Å². The van der Waals surface area contributed by atoms with Gasteiger partial charge in [0.15, 0.2) is 0 Å². The van der Waals surface area contributed by atoms with Gasteiger partial charge in [0, 0.05) is 12.8 Å². The van der Waals surface area contributed by atoms with Crippen molar-refractivity contribution in [3.63, 3.8) is 0 Å². The third-order valence-electron chi connectivity index (χ3n) is 10.9. The number of carbonyl (C=O) groups excluding carboxylic acids is 3. The average Bonchev–Trinajstić information content (AvgIpc) is 3.21. The lowest BCUT2D eigenvalue weighted by Gasteiger charge is -2.15. The van der Waals surface area contributed by atoms with E-state index in [0.717, 1.165) is 51.4 Å². The average molecular weight is 819 g/mol. The molecule has 0 spiro atoms. The number of ether oxygens (including phenoxy) is 1. The van der Waals surface area contributed by atoms with Crippen LogP contribution < -0.4 is 10.6 Å². The zero-order valence-corrected chi connectivity index (χ0v) is 37.6. The SMILES string of the molecule is CCCCC/C=C\C/C=C\C(CCCCCCC(=O)NCC(=O)NC(CO)C(=O)O)OC(=O)CCCCCCCCCCCCCCCCCCCCCCCCC. The number of carboxylic acids is 1. The summed E-state index contributed by atoms with van der Waals surface area (Å²) in [5.74, 6) is -2.41. The molecule has 0 saturated carbocycles. The number of amides is 2. The predicted octanol–water partition coefficient (Wildman–Crippen LogP) is 12.4. The number of aliphatic hydroxyl groups excluding tert-OH is 1. The maximum Gasteiger partial charge on any atom is 0.328 e. The molecule has 0 heterocycles. The van der Waals surface area contributed by atoms with Crippen LogP contribution in [0.15, 0.2) is 24.3 Å². The van der Waals surface area contributed by atoms with Crippen molar-refractivity contribution in [1.29, 1.82) is 0 Å². The fourth-order valence-electron chi connectivity index (χ4n) is 7.19. The van der Waals surface area contributed by atoms with Gasteiger partial charge in [0.2, 0.25) is 11.8 Å². The molecule has 0 rings (SSSR count). The molecule has 0 radical (unpaired) electrons. The summed E-state index contributed by atoms with van der Waals surface area (Å²) in [4.78, 5) is 47.6. The van der Waals surface area contributed by atoms with Crippen LogP contribution in [0.4, 0.5) is 0 Å². The summed E-state index contributed by atoms with van der Waals surface area (Å²) in [5, 5.41) is 22.6. The number of hydrogen-bond acceptors (Lipinski definition) is 6. The van der Waals surface area contributed by atoms with Crippen molar-refractivity contribution < 1.29 is 34.1 Å². The van der Waals surface area contributed by atoms with Crippen LogP contribution in [-0.4, -0.2) is 59.3 Å². The van der Waals surface area contributed by atoms with E-state index >= 15 is 0 Å². The fraction of sp³-hybridized carbons (Fsp3) is 0.837. The quantitative estimate of drug-likeness (QED) is 0.0272. The van der Waals surface area contributed by atoms with E-state index in [2.05, 4.69) is 42.7 Å². The number of esters is 1. The summed E-state index contributed by atoms with van der Waals surface area (Å²) in [6.07, 6.45) is 49.6. The van der Waals surface area contributed by atoms with Crippen molar-refractivity contribution in [3.8, 4) is 0 Å². The van der Waals surface area contributed by atoms with Gasteiger partial charge in [0.25, 0.3) is 0 Å². The molecule has 2 unspecified atom stereocenters. The molecular formula is C49H90N2O7. The number of nitrogens with one attached hydrogen (secondary N) is 2. The monoisotopic (exact) mass is 819 g/mol. The molecule has 0 aliphatic heterocycles. The van der Waals surface area contributed by atoms with E-state index < -0.39 is 24.5 Å². The zero-order valence-electron chi connectivity index (χ0n) is 37.6. The molecule has 0 aliphatic carbocycles. The number of allylic oxidation sites excluding steroid dienone is 3. The highest BCUT2D eigenvalue weighted by Gasteiger charge is 2.19. The first kappa shape index (κ1) is 55.3. The van der Waals surface area contributed by atoms with Gasteiger partial charge in [-0.3, -0.25) is 14.4 Å². The Kier molecular flexibility index (Phi) is 41.9. The zero-order chi connectivity index (χ0) is 42.6. The smallest absolute Gasteiger partial charge is 0.328 e. The molecule has 0 aromatic carbocycles. The second kappa shape index (κ2) is 43.9. The fourth-order valence-corrected chi connectivity index (χ4v) is 7.19. The van der Waals surface area contributed by atoms with Crippen LogP contribution in [0, 0.1) is 0 Å². The van der Waals surface area contributed by atoms with E-state index in [9.17, 15) is 19.2 Å². The Balaban J connectivity index is 4.07. The Bertz CT molecular complexity index is 1030. The lowest BCUT2D eigenvalue weighted by atomic mass is 10.0. The molecule has 58 heavy (non-hydrogen) atoms. The molecule has 0 aliphatic rings. The lowest BCUT2D eigenvalue weighted by molar-refractivity contribution is -0.147. The molecule has 338 valence electrons. The molecule has 0 aromatic heterocycles. The number of unbranched alkanes of at least 4 members (excludes halogenated alkanes) is 28. The Hall–Kier alpha value is -2.68. The van der Waals surface area contributed by atoms with E-state index in [1.165, 1.54) is 154 Å². The number of carboxylic acid groups (broad SMARTS) is 1. The van der Waals surface area contributed by atoms with Crippen molar-refractivity contribution in [3.05, 3.63) is 24.3 Å². The Morgan fingerprint density at radius 1 is 0.534 bits per heavy atom. The molecule has 0 fully saturated rings. The van der Waals surface area contributed by atoms with E-state index in [-0.39, 0.29) is 30.9 Å². The predicted molar refractivity (Wildman–Crippen MR) is 241 cm³/mol. The summed E-state index contributed by atoms with van der Waals surface area (Å²) >= 11 is 0. The highest BCUT2D eigenvalue weighted by atomic mass is 16.5. The molecule has 0 aromatic rings. The normalized spacial score (nSPS) is 12.6.